The highest BCUT2D eigenvalue weighted by atomic mass is 16.2. The molecule has 1 aromatic carbocycles. The Bertz CT molecular complexity index is 401. The van der Waals surface area contributed by atoms with Crippen LogP contribution in [0.25, 0.3) is 0 Å². The van der Waals surface area contributed by atoms with Crippen LogP contribution in [0.1, 0.15) is 20.8 Å². The number of nitrogens with zero attached hydrogens (tertiary/aromatic N) is 1. The van der Waals surface area contributed by atoms with Crippen LogP contribution in [-0.2, 0) is 4.79 Å². The molecule has 1 amide bonds. The van der Waals surface area contributed by atoms with Crippen molar-refractivity contribution in [3.8, 4) is 0 Å². The van der Waals surface area contributed by atoms with E-state index in [-0.39, 0.29) is 5.91 Å². The predicted molar refractivity (Wildman–Crippen MR) is 66.7 cm³/mol. The number of hydrogen-bond acceptors (Lipinski definition) is 2. The van der Waals surface area contributed by atoms with Gasteiger partial charge in [-0.3, -0.25) is 4.79 Å². The van der Waals surface area contributed by atoms with E-state index in [1.165, 1.54) is 0 Å². The zero-order valence-corrected chi connectivity index (χ0v) is 10.0. The molecule has 0 aliphatic carbocycles. The standard InChI is InChI=1S/C13H18N2O/c1-9(2)12-8-15(10(3)16)13-7-5-4-6-11(13)14-12/h4-7,9,12,14H,8H2,1-3H3/t12-/m1/s1. The van der Waals surface area contributed by atoms with E-state index in [4.69, 9.17) is 0 Å². The summed E-state index contributed by atoms with van der Waals surface area (Å²) >= 11 is 0. The van der Waals surface area contributed by atoms with Crippen LogP contribution in [0, 0.1) is 5.92 Å². The van der Waals surface area contributed by atoms with Gasteiger partial charge in [0.15, 0.2) is 0 Å². The van der Waals surface area contributed by atoms with Crippen LogP contribution >= 0.6 is 0 Å². The number of rotatable bonds is 1. The summed E-state index contributed by atoms with van der Waals surface area (Å²) in [7, 11) is 0. The molecule has 2 rings (SSSR count). The lowest BCUT2D eigenvalue weighted by atomic mass is 10.00. The third kappa shape index (κ3) is 1.90. The minimum atomic E-state index is 0.111. The van der Waals surface area contributed by atoms with Gasteiger partial charge >= 0.3 is 0 Å². The summed E-state index contributed by atoms with van der Waals surface area (Å²) < 4.78 is 0. The van der Waals surface area contributed by atoms with E-state index >= 15 is 0 Å². The number of nitrogens with one attached hydrogen (secondary N) is 1. The molecule has 86 valence electrons. The fraction of sp³-hybridized carbons (Fsp3) is 0.462. The van der Waals surface area contributed by atoms with Gasteiger partial charge in [0.25, 0.3) is 0 Å². The second kappa shape index (κ2) is 4.16. The number of anilines is 2. The molecule has 1 N–H and O–H groups in total. The van der Waals surface area contributed by atoms with Gasteiger partial charge < -0.3 is 10.2 Å². The van der Waals surface area contributed by atoms with Crippen molar-refractivity contribution in [1.29, 1.82) is 0 Å². The van der Waals surface area contributed by atoms with Crippen LogP contribution in [0.2, 0.25) is 0 Å². The summed E-state index contributed by atoms with van der Waals surface area (Å²) in [5, 5.41) is 3.49. The number of para-hydroxylation sites is 2. The van der Waals surface area contributed by atoms with Crippen molar-refractivity contribution in [2.24, 2.45) is 5.92 Å². The summed E-state index contributed by atoms with van der Waals surface area (Å²) in [6.45, 7) is 6.72. The summed E-state index contributed by atoms with van der Waals surface area (Å²) in [6, 6.07) is 8.30. The number of amides is 1. The zero-order valence-electron chi connectivity index (χ0n) is 10.0. The second-order valence-corrected chi connectivity index (χ2v) is 4.64. The molecular formula is C13H18N2O. The van der Waals surface area contributed by atoms with E-state index in [0.29, 0.717) is 12.0 Å². The predicted octanol–water partition coefficient (Wildman–Crippen LogP) is 2.49. The van der Waals surface area contributed by atoms with Crippen molar-refractivity contribution in [2.45, 2.75) is 26.8 Å². The number of carbonyl (C=O) groups is 1. The highest BCUT2D eigenvalue weighted by molar-refractivity contribution is 5.96. The van der Waals surface area contributed by atoms with Crippen LogP contribution in [0.3, 0.4) is 0 Å². The van der Waals surface area contributed by atoms with E-state index in [1.54, 1.807) is 6.92 Å². The van der Waals surface area contributed by atoms with Gasteiger partial charge in [-0.15, -0.1) is 0 Å². The molecule has 16 heavy (non-hydrogen) atoms. The lowest BCUT2D eigenvalue weighted by Gasteiger charge is -2.37. The van der Waals surface area contributed by atoms with Crippen LogP contribution in [0.4, 0.5) is 11.4 Å². The van der Waals surface area contributed by atoms with E-state index in [0.717, 1.165) is 17.9 Å². The Morgan fingerprint density at radius 3 is 2.75 bits per heavy atom. The molecule has 1 aromatic rings. The third-order valence-corrected chi connectivity index (χ3v) is 3.10. The monoisotopic (exact) mass is 218 g/mol. The summed E-state index contributed by atoms with van der Waals surface area (Å²) in [6.07, 6.45) is 0. The fourth-order valence-corrected chi connectivity index (χ4v) is 2.05. The van der Waals surface area contributed by atoms with E-state index in [9.17, 15) is 4.79 Å². The van der Waals surface area contributed by atoms with Crippen molar-refractivity contribution < 1.29 is 4.79 Å². The number of benzene rings is 1. The Hall–Kier alpha value is -1.51. The Morgan fingerprint density at radius 2 is 2.12 bits per heavy atom. The van der Waals surface area contributed by atoms with Crippen molar-refractivity contribution in [2.75, 3.05) is 16.8 Å². The molecule has 1 atom stereocenters. The molecule has 0 aromatic heterocycles. The average molecular weight is 218 g/mol. The normalized spacial score (nSPS) is 19.2. The lowest BCUT2D eigenvalue weighted by molar-refractivity contribution is -0.116. The van der Waals surface area contributed by atoms with Gasteiger partial charge in [-0.05, 0) is 18.1 Å². The maximum Gasteiger partial charge on any atom is 0.223 e. The molecule has 1 aliphatic rings. The Morgan fingerprint density at radius 1 is 1.44 bits per heavy atom. The smallest absolute Gasteiger partial charge is 0.223 e. The van der Waals surface area contributed by atoms with Crippen LogP contribution in [0.5, 0.6) is 0 Å². The van der Waals surface area contributed by atoms with Gasteiger partial charge in [0, 0.05) is 19.5 Å². The summed E-state index contributed by atoms with van der Waals surface area (Å²) in [4.78, 5) is 13.5. The largest absolute Gasteiger partial charge is 0.379 e. The Balaban J connectivity index is 2.37. The first kappa shape index (κ1) is 11.0. The molecule has 3 heteroatoms. The summed E-state index contributed by atoms with van der Waals surface area (Å²) in [5.74, 6) is 0.620. The first-order valence-electron chi connectivity index (χ1n) is 5.73. The van der Waals surface area contributed by atoms with Gasteiger partial charge in [0.2, 0.25) is 5.91 Å². The molecule has 0 unspecified atom stereocenters. The molecule has 0 spiro atoms. The molecule has 0 saturated carbocycles. The van der Waals surface area contributed by atoms with Crippen molar-refractivity contribution in [3.05, 3.63) is 24.3 Å². The highest BCUT2D eigenvalue weighted by Crippen LogP contribution is 2.32. The molecule has 0 saturated heterocycles. The van der Waals surface area contributed by atoms with Crippen molar-refractivity contribution in [3.63, 3.8) is 0 Å². The van der Waals surface area contributed by atoms with Gasteiger partial charge in [0.1, 0.15) is 0 Å². The van der Waals surface area contributed by atoms with Crippen molar-refractivity contribution in [1.82, 2.24) is 0 Å². The van der Waals surface area contributed by atoms with Crippen LogP contribution < -0.4 is 10.2 Å². The average Bonchev–Trinajstić information content (AvgIpc) is 2.27. The molecule has 1 heterocycles. The van der Waals surface area contributed by atoms with Gasteiger partial charge in [-0.2, -0.15) is 0 Å². The van der Waals surface area contributed by atoms with Crippen LogP contribution in [0.15, 0.2) is 24.3 Å². The third-order valence-electron chi connectivity index (χ3n) is 3.10. The zero-order chi connectivity index (χ0) is 11.7. The number of fused-ring (bicyclic) bond motifs is 1. The lowest BCUT2D eigenvalue weighted by Crippen LogP contribution is -2.46. The highest BCUT2D eigenvalue weighted by Gasteiger charge is 2.27. The van der Waals surface area contributed by atoms with Gasteiger partial charge in [-0.1, -0.05) is 26.0 Å². The minimum absolute atomic E-state index is 0.111. The molecule has 0 fully saturated rings. The summed E-state index contributed by atoms with van der Waals surface area (Å²) in [5.41, 5.74) is 2.05. The van der Waals surface area contributed by atoms with E-state index < -0.39 is 0 Å². The maximum absolute atomic E-state index is 11.6. The molecule has 1 aliphatic heterocycles. The van der Waals surface area contributed by atoms with Crippen molar-refractivity contribution >= 4 is 17.3 Å². The first-order chi connectivity index (χ1) is 7.59. The molecule has 0 bridgehead atoms. The quantitative estimate of drug-likeness (QED) is 0.785. The number of carbonyl (C=O) groups excluding carboxylic acids is 1. The Kier molecular flexibility index (Phi) is 2.86. The van der Waals surface area contributed by atoms with E-state index in [1.807, 2.05) is 29.2 Å². The molecule has 0 radical (unpaired) electrons. The molecule has 3 nitrogen and oxygen atoms in total. The molecular weight excluding hydrogens is 200 g/mol. The number of hydrogen-bond donors (Lipinski definition) is 1. The second-order valence-electron chi connectivity index (χ2n) is 4.64. The fourth-order valence-electron chi connectivity index (χ4n) is 2.05. The van der Waals surface area contributed by atoms with Gasteiger partial charge in [-0.25, -0.2) is 0 Å². The van der Waals surface area contributed by atoms with Crippen LogP contribution in [-0.4, -0.2) is 18.5 Å². The van der Waals surface area contributed by atoms with Gasteiger partial charge in [0.05, 0.1) is 11.4 Å². The van der Waals surface area contributed by atoms with E-state index in [2.05, 4.69) is 19.2 Å². The Labute approximate surface area is 96.5 Å². The SMILES string of the molecule is CC(=O)N1C[C@H](C(C)C)Nc2ccccc21. The maximum atomic E-state index is 11.6. The minimum Gasteiger partial charge on any atom is -0.379 e. The topological polar surface area (TPSA) is 32.3 Å². The first-order valence-corrected chi connectivity index (χ1v) is 5.73.